The Morgan fingerprint density at radius 3 is 2.80 bits per heavy atom. The Hall–Kier alpha value is -1.44. The largest absolute Gasteiger partial charge is 0.300 e. The van der Waals surface area contributed by atoms with E-state index in [4.69, 9.17) is 0 Å². The molecule has 2 nitrogen and oxygen atoms in total. The molecule has 80 valence electrons. The maximum atomic E-state index is 10.7. The predicted molar refractivity (Wildman–Crippen MR) is 60.1 cm³/mol. The van der Waals surface area contributed by atoms with Gasteiger partial charge in [0.05, 0.1) is 0 Å². The monoisotopic (exact) mass is 204 g/mol. The highest BCUT2D eigenvalue weighted by molar-refractivity contribution is 5.75. The maximum absolute atomic E-state index is 10.7. The van der Waals surface area contributed by atoms with Crippen molar-refractivity contribution >= 4 is 12.1 Å². The van der Waals surface area contributed by atoms with Crippen LogP contribution in [0.5, 0.6) is 0 Å². The molecule has 0 aliphatic rings. The lowest BCUT2D eigenvalue weighted by Crippen LogP contribution is -1.92. The average molecular weight is 204 g/mol. The molecular weight excluding hydrogens is 188 g/mol. The van der Waals surface area contributed by atoms with Gasteiger partial charge in [-0.25, -0.2) is 0 Å². The van der Waals surface area contributed by atoms with Gasteiger partial charge in [0.1, 0.15) is 12.1 Å². The van der Waals surface area contributed by atoms with Crippen LogP contribution >= 0.6 is 0 Å². The summed E-state index contributed by atoms with van der Waals surface area (Å²) in [5.74, 6) is 0.247. The summed E-state index contributed by atoms with van der Waals surface area (Å²) >= 11 is 0. The molecule has 0 heterocycles. The van der Waals surface area contributed by atoms with Crippen molar-refractivity contribution in [2.75, 3.05) is 0 Å². The molecule has 0 fully saturated rings. The van der Waals surface area contributed by atoms with Crippen LogP contribution in [0.2, 0.25) is 0 Å². The van der Waals surface area contributed by atoms with Crippen molar-refractivity contribution in [3.05, 3.63) is 35.4 Å². The Kier molecular flexibility index (Phi) is 4.75. The van der Waals surface area contributed by atoms with Crippen molar-refractivity contribution in [1.82, 2.24) is 0 Å². The van der Waals surface area contributed by atoms with Gasteiger partial charge in [0.2, 0.25) is 0 Å². The Balaban J connectivity index is 2.37. The molecule has 1 rings (SSSR count). The van der Waals surface area contributed by atoms with E-state index in [1.165, 1.54) is 5.56 Å². The standard InChI is InChI=1S/C13H16O2/c1-11(15)5-2-3-6-12-7-4-8-13(9-12)10-14/h4,7-10H,2-3,5-6H2,1H3. The van der Waals surface area contributed by atoms with Gasteiger partial charge in [0, 0.05) is 12.0 Å². The second-order valence-electron chi connectivity index (χ2n) is 3.77. The number of unbranched alkanes of at least 4 members (excludes halogenated alkanes) is 1. The highest BCUT2D eigenvalue weighted by Gasteiger charge is 1.97. The second kappa shape index (κ2) is 6.12. The molecule has 0 unspecified atom stereocenters. The van der Waals surface area contributed by atoms with E-state index in [0.717, 1.165) is 31.1 Å². The third-order valence-corrected chi connectivity index (χ3v) is 2.33. The minimum absolute atomic E-state index is 0.247. The fourth-order valence-electron chi connectivity index (χ4n) is 1.52. The lowest BCUT2D eigenvalue weighted by atomic mass is 10.0. The first-order valence-electron chi connectivity index (χ1n) is 5.26. The van der Waals surface area contributed by atoms with E-state index < -0.39 is 0 Å². The van der Waals surface area contributed by atoms with Gasteiger partial charge in [-0.1, -0.05) is 18.2 Å². The van der Waals surface area contributed by atoms with Gasteiger partial charge in [-0.15, -0.1) is 0 Å². The van der Waals surface area contributed by atoms with Crippen LogP contribution in [0.25, 0.3) is 0 Å². The summed E-state index contributed by atoms with van der Waals surface area (Å²) in [5, 5.41) is 0. The molecule has 0 bridgehead atoms. The normalized spacial score (nSPS) is 9.93. The number of carbonyl (C=O) groups excluding carboxylic acids is 2. The number of rotatable bonds is 6. The van der Waals surface area contributed by atoms with Crippen molar-refractivity contribution in [3.63, 3.8) is 0 Å². The van der Waals surface area contributed by atoms with Crippen LogP contribution in [0.15, 0.2) is 24.3 Å². The van der Waals surface area contributed by atoms with E-state index in [1.54, 1.807) is 13.0 Å². The van der Waals surface area contributed by atoms with E-state index in [1.807, 2.05) is 18.2 Å². The highest BCUT2D eigenvalue weighted by Crippen LogP contribution is 2.08. The minimum Gasteiger partial charge on any atom is -0.300 e. The predicted octanol–water partition coefficient (Wildman–Crippen LogP) is 2.80. The van der Waals surface area contributed by atoms with E-state index in [-0.39, 0.29) is 5.78 Å². The minimum atomic E-state index is 0.247. The second-order valence-corrected chi connectivity index (χ2v) is 3.77. The van der Waals surface area contributed by atoms with Gasteiger partial charge in [-0.3, -0.25) is 4.79 Å². The van der Waals surface area contributed by atoms with Gasteiger partial charge < -0.3 is 4.79 Å². The van der Waals surface area contributed by atoms with Gasteiger partial charge in [0.15, 0.2) is 0 Å². The number of ketones is 1. The molecule has 0 atom stereocenters. The Morgan fingerprint density at radius 1 is 1.33 bits per heavy atom. The van der Waals surface area contributed by atoms with Crippen LogP contribution in [0.4, 0.5) is 0 Å². The molecule has 2 heteroatoms. The zero-order chi connectivity index (χ0) is 11.1. The van der Waals surface area contributed by atoms with E-state index in [0.29, 0.717) is 6.42 Å². The summed E-state index contributed by atoms with van der Waals surface area (Å²) in [6, 6.07) is 7.61. The molecule has 0 aliphatic carbocycles. The number of hydrogen-bond acceptors (Lipinski definition) is 2. The number of carbonyl (C=O) groups is 2. The number of benzene rings is 1. The average Bonchev–Trinajstić information content (AvgIpc) is 2.24. The van der Waals surface area contributed by atoms with Crippen molar-refractivity contribution in [2.24, 2.45) is 0 Å². The SMILES string of the molecule is CC(=O)CCCCc1cccc(C=O)c1. The van der Waals surface area contributed by atoms with Crippen LogP contribution in [0.3, 0.4) is 0 Å². The third-order valence-electron chi connectivity index (χ3n) is 2.33. The number of Topliss-reactive ketones (excluding diaryl/α,β-unsaturated/α-hetero) is 1. The molecule has 0 radical (unpaired) electrons. The lowest BCUT2D eigenvalue weighted by Gasteiger charge is -2.01. The summed E-state index contributed by atoms with van der Waals surface area (Å²) in [4.78, 5) is 21.2. The van der Waals surface area contributed by atoms with Gasteiger partial charge >= 0.3 is 0 Å². The molecule has 0 N–H and O–H groups in total. The van der Waals surface area contributed by atoms with Crippen LogP contribution in [0, 0.1) is 0 Å². The third kappa shape index (κ3) is 4.54. The van der Waals surface area contributed by atoms with Crippen LogP contribution in [0.1, 0.15) is 42.1 Å². The van der Waals surface area contributed by atoms with Crippen LogP contribution in [-0.2, 0) is 11.2 Å². The van der Waals surface area contributed by atoms with Crippen molar-refractivity contribution < 1.29 is 9.59 Å². The van der Waals surface area contributed by atoms with Gasteiger partial charge in [-0.2, -0.15) is 0 Å². The van der Waals surface area contributed by atoms with E-state index in [9.17, 15) is 9.59 Å². The molecule has 15 heavy (non-hydrogen) atoms. The van der Waals surface area contributed by atoms with Crippen LogP contribution < -0.4 is 0 Å². The molecule has 1 aromatic carbocycles. The summed E-state index contributed by atoms with van der Waals surface area (Å²) in [7, 11) is 0. The summed E-state index contributed by atoms with van der Waals surface area (Å²) in [6.45, 7) is 1.62. The molecule has 0 saturated carbocycles. The Bertz CT molecular complexity index is 342. The molecule has 0 aliphatic heterocycles. The van der Waals surface area contributed by atoms with Gasteiger partial charge in [0.25, 0.3) is 0 Å². The van der Waals surface area contributed by atoms with Crippen molar-refractivity contribution in [2.45, 2.75) is 32.6 Å². The lowest BCUT2D eigenvalue weighted by molar-refractivity contribution is -0.117. The number of hydrogen-bond donors (Lipinski definition) is 0. The summed E-state index contributed by atoms with van der Waals surface area (Å²) in [6.07, 6.45) is 4.39. The molecule has 1 aromatic rings. The zero-order valence-electron chi connectivity index (χ0n) is 9.03. The van der Waals surface area contributed by atoms with Gasteiger partial charge in [-0.05, 0) is 37.8 Å². The first kappa shape index (κ1) is 11.6. The van der Waals surface area contributed by atoms with Crippen LogP contribution in [-0.4, -0.2) is 12.1 Å². The maximum Gasteiger partial charge on any atom is 0.150 e. The molecular formula is C13H16O2. The fraction of sp³-hybridized carbons (Fsp3) is 0.385. The smallest absolute Gasteiger partial charge is 0.150 e. The zero-order valence-corrected chi connectivity index (χ0v) is 9.03. The molecule has 0 saturated heterocycles. The highest BCUT2D eigenvalue weighted by atomic mass is 16.1. The van der Waals surface area contributed by atoms with E-state index in [2.05, 4.69) is 0 Å². The first-order chi connectivity index (χ1) is 7.22. The quantitative estimate of drug-likeness (QED) is 0.527. The molecule has 0 spiro atoms. The van der Waals surface area contributed by atoms with Crippen molar-refractivity contribution in [1.29, 1.82) is 0 Å². The topological polar surface area (TPSA) is 34.1 Å². The fourth-order valence-corrected chi connectivity index (χ4v) is 1.52. The van der Waals surface area contributed by atoms with E-state index >= 15 is 0 Å². The summed E-state index contributed by atoms with van der Waals surface area (Å²) in [5.41, 5.74) is 1.89. The number of aryl methyl sites for hydroxylation is 1. The Morgan fingerprint density at radius 2 is 2.13 bits per heavy atom. The first-order valence-corrected chi connectivity index (χ1v) is 5.26. The Labute approximate surface area is 90.3 Å². The molecule has 0 aromatic heterocycles. The molecule has 0 amide bonds. The van der Waals surface area contributed by atoms with Crippen molar-refractivity contribution in [3.8, 4) is 0 Å². The summed E-state index contributed by atoms with van der Waals surface area (Å²) < 4.78 is 0. The number of aldehydes is 1.